The van der Waals surface area contributed by atoms with E-state index in [0.29, 0.717) is 6.61 Å². The van der Waals surface area contributed by atoms with Crippen LogP contribution in [0.3, 0.4) is 0 Å². The molecule has 0 saturated heterocycles. The van der Waals surface area contributed by atoms with Crippen molar-refractivity contribution in [3.05, 3.63) is 98.5 Å². The van der Waals surface area contributed by atoms with Crippen molar-refractivity contribution in [1.82, 2.24) is 5.32 Å². The lowest BCUT2D eigenvalue weighted by atomic mass is 10.1. The molecule has 3 aromatic carbocycles. The molecular formula is C23H23BrClNO. The van der Waals surface area contributed by atoms with Crippen molar-refractivity contribution in [1.29, 1.82) is 0 Å². The van der Waals surface area contributed by atoms with Crippen LogP contribution in [0.1, 0.15) is 22.3 Å². The minimum atomic E-state index is 0.575. The number of hydrogen-bond acceptors (Lipinski definition) is 2. The zero-order valence-corrected chi connectivity index (χ0v) is 17.7. The largest absolute Gasteiger partial charge is 0.489 e. The Bertz CT molecular complexity index is 880. The lowest BCUT2D eigenvalue weighted by Crippen LogP contribution is -2.17. The summed E-state index contributed by atoms with van der Waals surface area (Å²) in [6, 6.07) is 22.5. The van der Waals surface area contributed by atoms with E-state index in [9.17, 15) is 0 Å². The van der Waals surface area contributed by atoms with Crippen LogP contribution in [0.5, 0.6) is 5.75 Å². The molecule has 0 aliphatic carbocycles. The quantitative estimate of drug-likeness (QED) is 0.410. The summed E-state index contributed by atoms with van der Waals surface area (Å²) in [7, 11) is 0. The van der Waals surface area contributed by atoms with Gasteiger partial charge in [0.1, 0.15) is 12.4 Å². The fourth-order valence-corrected chi connectivity index (χ4v) is 3.40. The average Bonchev–Trinajstić information content (AvgIpc) is 2.67. The van der Waals surface area contributed by atoms with Crippen LogP contribution in [0.25, 0.3) is 0 Å². The van der Waals surface area contributed by atoms with Crippen LogP contribution in [0.2, 0.25) is 5.02 Å². The predicted octanol–water partition coefficient (Wildman–Crippen LogP) is 6.32. The zero-order chi connectivity index (χ0) is 19.1. The van der Waals surface area contributed by atoms with E-state index in [2.05, 4.69) is 64.6 Å². The highest BCUT2D eigenvalue weighted by Crippen LogP contribution is 2.24. The van der Waals surface area contributed by atoms with Gasteiger partial charge in [-0.05, 0) is 66.9 Å². The summed E-state index contributed by atoms with van der Waals surface area (Å²) in [6.07, 6.45) is 0.963. The Morgan fingerprint density at radius 1 is 0.963 bits per heavy atom. The van der Waals surface area contributed by atoms with Gasteiger partial charge >= 0.3 is 0 Å². The molecule has 3 rings (SSSR count). The first-order chi connectivity index (χ1) is 13.1. The summed E-state index contributed by atoms with van der Waals surface area (Å²) in [6.45, 7) is 4.34. The normalized spacial score (nSPS) is 10.8. The predicted molar refractivity (Wildman–Crippen MR) is 117 cm³/mol. The molecule has 0 amide bonds. The highest BCUT2D eigenvalue weighted by atomic mass is 79.9. The van der Waals surface area contributed by atoms with Gasteiger partial charge in [-0.3, -0.25) is 0 Å². The Morgan fingerprint density at radius 2 is 1.74 bits per heavy atom. The van der Waals surface area contributed by atoms with Gasteiger partial charge in [-0.15, -0.1) is 0 Å². The number of halogens is 2. The van der Waals surface area contributed by atoms with Crippen molar-refractivity contribution in [2.45, 2.75) is 26.5 Å². The number of nitrogens with one attached hydrogen (secondary N) is 1. The summed E-state index contributed by atoms with van der Waals surface area (Å²) in [4.78, 5) is 0. The van der Waals surface area contributed by atoms with E-state index in [1.165, 1.54) is 16.7 Å². The minimum Gasteiger partial charge on any atom is -0.489 e. The van der Waals surface area contributed by atoms with Gasteiger partial charge in [0.15, 0.2) is 0 Å². The van der Waals surface area contributed by atoms with Crippen molar-refractivity contribution in [2.75, 3.05) is 6.54 Å². The summed E-state index contributed by atoms with van der Waals surface area (Å²) in [5, 5.41) is 4.28. The molecule has 0 aliphatic rings. The molecule has 4 heteroatoms. The second kappa shape index (κ2) is 9.93. The van der Waals surface area contributed by atoms with E-state index in [4.69, 9.17) is 16.3 Å². The number of aryl methyl sites for hydroxylation is 1. The van der Waals surface area contributed by atoms with Crippen LogP contribution in [-0.4, -0.2) is 6.54 Å². The van der Waals surface area contributed by atoms with E-state index in [-0.39, 0.29) is 0 Å². The number of rotatable bonds is 8. The maximum absolute atomic E-state index is 6.11. The van der Waals surface area contributed by atoms with Crippen LogP contribution in [0.15, 0.2) is 71.2 Å². The highest BCUT2D eigenvalue weighted by Gasteiger charge is 2.06. The van der Waals surface area contributed by atoms with Crippen molar-refractivity contribution in [3.63, 3.8) is 0 Å². The van der Waals surface area contributed by atoms with E-state index in [0.717, 1.165) is 40.3 Å². The van der Waals surface area contributed by atoms with Crippen molar-refractivity contribution in [3.8, 4) is 5.75 Å². The maximum atomic E-state index is 6.11. The number of ether oxygens (including phenoxy) is 1. The van der Waals surface area contributed by atoms with Gasteiger partial charge in [0.05, 0.1) is 0 Å². The van der Waals surface area contributed by atoms with Crippen molar-refractivity contribution < 1.29 is 4.74 Å². The molecule has 0 saturated carbocycles. The van der Waals surface area contributed by atoms with E-state index in [1.54, 1.807) is 0 Å². The van der Waals surface area contributed by atoms with Crippen molar-refractivity contribution in [2.24, 2.45) is 0 Å². The third kappa shape index (κ3) is 6.10. The fraction of sp³-hybridized carbons (Fsp3) is 0.217. The van der Waals surface area contributed by atoms with Gasteiger partial charge in [-0.1, -0.05) is 63.9 Å². The standard InChI is InChI=1S/C23H23BrClNO/c1-17-4-2-3-5-19(17)16-27-23-11-8-21(24)14-20(23)15-26-13-12-18-6-9-22(25)10-7-18/h2-11,14,26H,12-13,15-16H2,1H3. The maximum Gasteiger partial charge on any atom is 0.124 e. The summed E-state index contributed by atoms with van der Waals surface area (Å²) in [5.41, 5.74) is 4.88. The first-order valence-electron chi connectivity index (χ1n) is 9.03. The number of hydrogen-bond donors (Lipinski definition) is 1. The summed E-state index contributed by atoms with van der Waals surface area (Å²) < 4.78 is 7.17. The Balaban J connectivity index is 1.57. The zero-order valence-electron chi connectivity index (χ0n) is 15.3. The lowest BCUT2D eigenvalue weighted by Gasteiger charge is -2.14. The van der Waals surface area contributed by atoms with E-state index >= 15 is 0 Å². The molecular weight excluding hydrogens is 422 g/mol. The fourth-order valence-electron chi connectivity index (χ4n) is 2.86. The first-order valence-corrected chi connectivity index (χ1v) is 10.2. The molecule has 0 fully saturated rings. The molecule has 27 heavy (non-hydrogen) atoms. The minimum absolute atomic E-state index is 0.575. The molecule has 0 atom stereocenters. The van der Waals surface area contributed by atoms with Crippen LogP contribution < -0.4 is 10.1 Å². The second-order valence-corrected chi connectivity index (χ2v) is 7.87. The van der Waals surface area contributed by atoms with Gasteiger partial charge in [0.2, 0.25) is 0 Å². The molecule has 0 bridgehead atoms. The van der Waals surface area contributed by atoms with Gasteiger partial charge in [-0.2, -0.15) is 0 Å². The Hall–Kier alpha value is -1.81. The molecule has 0 unspecified atom stereocenters. The first kappa shape index (κ1) is 19.9. The van der Waals surface area contributed by atoms with Gasteiger partial charge in [0, 0.05) is 21.6 Å². The molecule has 0 heterocycles. The van der Waals surface area contributed by atoms with E-state index < -0.39 is 0 Å². The third-order valence-corrected chi connectivity index (χ3v) is 5.23. The smallest absolute Gasteiger partial charge is 0.124 e. The van der Waals surface area contributed by atoms with Crippen LogP contribution >= 0.6 is 27.5 Å². The Kier molecular flexibility index (Phi) is 7.33. The lowest BCUT2D eigenvalue weighted by molar-refractivity contribution is 0.301. The van der Waals surface area contributed by atoms with Crippen LogP contribution in [-0.2, 0) is 19.6 Å². The number of benzene rings is 3. The van der Waals surface area contributed by atoms with Gasteiger partial charge in [-0.25, -0.2) is 0 Å². The second-order valence-electron chi connectivity index (χ2n) is 6.52. The molecule has 2 nitrogen and oxygen atoms in total. The molecule has 140 valence electrons. The SMILES string of the molecule is Cc1ccccc1COc1ccc(Br)cc1CNCCc1ccc(Cl)cc1. The Morgan fingerprint density at radius 3 is 2.52 bits per heavy atom. The van der Waals surface area contributed by atoms with Gasteiger partial charge < -0.3 is 10.1 Å². The average molecular weight is 445 g/mol. The van der Waals surface area contributed by atoms with E-state index in [1.807, 2.05) is 30.3 Å². The van der Waals surface area contributed by atoms with Crippen LogP contribution in [0, 0.1) is 6.92 Å². The summed E-state index contributed by atoms with van der Waals surface area (Å²) >= 11 is 9.50. The molecule has 1 N–H and O–H groups in total. The monoisotopic (exact) mass is 443 g/mol. The van der Waals surface area contributed by atoms with Crippen LogP contribution in [0.4, 0.5) is 0 Å². The molecule has 0 aliphatic heterocycles. The van der Waals surface area contributed by atoms with Crippen molar-refractivity contribution >= 4 is 27.5 Å². The van der Waals surface area contributed by atoms with Gasteiger partial charge in [0.25, 0.3) is 0 Å². The topological polar surface area (TPSA) is 21.3 Å². The summed E-state index contributed by atoms with van der Waals surface area (Å²) in [5.74, 6) is 0.917. The molecule has 0 radical (unpaired) electrons. The third-order valence-electron chi connectivity index (χ3n) is 4.49. The Labute approximate surface area is 174 Å². The molecule has 0 spiro atoms. The molecule has 3 aromatic rings. The highest BCUT2D eigenvalue weighted by molar-refractivity contribution is 9.10. The molecule has 0 aromatic heterocycles.